The predicted molar refractivity (Wildman–Crippen MR) is 154 cm³/mol. The van der Waals surface area contributed by atoms with Crippen molar-refractivity contribution in [3.05, 3.63) is 39.5 Å². The zero-order chi connectivity index (χ0) is 29.7. The van der Waals surface area contributed by atoms with Gasteiger partial charge in [0.2, 0.25) is 5.91 Å². The molecule has 9 nitrogen and oxygen atoms in total. The second-order valence-electron chi connectivity index (χ2n) is 11.3. The van der Waals surface area contributed by atoms with Crippen molar-refractivity contribution in [3.63, 3.8) is 0 Å². The summed E-state index contributed by atoms with van der Waals surface area (Å²) in [5.74, 6) is -1.41. The molecule has 0 unspecified atom stereocenters. The molecule has 2 fully saturated rings. The molecule has 1 aromatic heterocycles. The Morgan fingerprint density at radius 1 is 1.24 bits per heavy atom. The summed E-state index contributed by atoms with van der Waals surface area (Å²) in [6, 6.07) is 6.90. The number of alkyl halides is 2. The topological polar surface area (TPSA) is 100 Å². The number of ether oxygens (including phenoxy) is 2. The van der Waals surface area contributed by atoms with Crippen LogP contribution in [0, 0.1) is 5.41 Å². The SMILES string of the molecule is CC(C)(C)CN(C1CCC1)[C@@H](CNC(=O)c1ccc(Cl)s1)C(=O)Nc1ccc(N2CCOCC2=O)cc1OC(F)F. The van der Waals surface area contributed by atoms with Crippen LogP contribution in [0.1, 0.15) is 49.7 Å². The van der Waals surface area contributed by atoms with E-state index in [1.165, 1.54) is 17.0 Å². The molecule has 2 heterocycles. The van der Waals surface area contributed by atoms with Gasteiger partial charge in [-0.25, -0.2) is 0 Å². The van der Waals surface area contributed by atoms with E-state index in [4.69, 9.17) is 21.1 Å². The molecule has 0 spiro atoms. The molecule has 0 radical (unpaired) electrons. The first-order valence-electron chi connectivity index (χ1n) is 13.5. The summed E-state index contributed by atoms with van der Waals surface area (Å²) >= 11 is 7.13. The van der Waals surface area contributed by atoms with Crippen LogP contribution in [0.4, 0.5) is 20.2 Å². The Labute approximate surface area is 247 Å². The highest BCUT2D eigenvalue weighted by Gasteiger charge is 2.37. The second kappa shape index (κ2) is 13.5. The molecular formula is C28H35ClF2N4O5S. The first kappa shape index (κ1) is 31.1. The minimum Gasteiger partial charge on any atom is -0.433 e. The summed E-state index contributed by atoms with van der Waals surface area (Å²) in [6.45, 7) is 4.10. The van der Waals surface area contributed by atoms with E-state index in [-0.39, 0.29) is 54.4 Å². The molecule has 13 heteroatoms. The largest absolute Gasteiger partial charge is 0.433 e. The quantitative estimate of drug-likeness (QED) is 0.370. The molecular weight excluding hydrogens is 578 g/mol. The maximum absolute atomic E-state index is 13.9. The van der Waals surface area contributed by atoms with E-state index in [0.29, 0.717) is 28.1 Å². The van der Waals surface area contributed by atoms with Gasteiger partial charge in [0.05, 0.1) is 21.5 Å². The lowest BCUT2D eigenvalue weighted by Gasteiger charge is -2.44. The summed E-state index contributed by atoms with van der Waals surface area (Å²) < 4.78 is 37.2. The molecule has 1 aliphatic heterocycles. The van der Waals surface area contributed by atoms with E-state index in [1.54, 1.807) is 18.2 Å². The van der Waals surface area contributed by atoms with Gasteiger partial charge < -0.3 is 25.0 Å². The normalized spacial score (nSPS) is 17.0. The molecule has 2 N–H and O–H groups in total. The minimum atomic E-state index is -3.15. The first-order chi connectivity index (χ1) is 19.4. The van der Waals surface area contributed by atoms with E-state index in [0.717, 1.165) is 30.6 Å². The fourth-order valence-corrected chi connectivity index (χ4v) is 5.78. The number of rotatable bonds is 11. The summed E-state index contributed by atoms with van der Waals surface area (Å²) in [5.41, 5.74) is 0.232. The highest BCUT2D eigenvalue weighted by atomic mass is 35.5. The molecule has 1 saturated heterocycles. The number of thiophene rings is 1. The maximum atomic E-state index is 13.9. The van der Waals surface area contributed by atoms with Gasteiger partial charge in [0, 0.05) is 37.4 Å². The highest BCUT2D eigenvalue weighted by Crippen LogP contribution is 2.34. The Morgan fingerprint density at radius 2 is 2.00 bits per heavy atom. The summed E-state index contributed by atoms with van der Waals surface area (Å²) in [6.07, 6.45) is 2.86. The molecule has 224 valence electrons. The molecule has 4 rings (SSSR count). The average molecular weight is 613 g/mol. The first-order valence-corrected chi connectivity index (χ1v) is 14.7. The summed E-state index contributed by atoms with van der Waals surface area (Å²) in [7, 11) is 0. The van der Waals surface area contributed by atoms with Crippen molar-refractivity contribution in [1.82, 2.24) is 10.2 Å². The third-order valence-corrected chi connectivity index (χ3v) is 8.12. The molecule has 0 bridgehead atoms. The predicted octanol–water partition coefficient (Wildman–Crippen LogP) is 5.00. The Balaban J connectivity index is 1.60. The lowest BCUT2D eigenvalue weighted by Crippen LogP contribution is -2.58. The standard InChI is InChI=1S/C28H35ClF2N4O5S/c1-28(2,3)16-35(17-5-4-6-17)20(14-32-26(38)22-9-10-23(29)41-22)25(37)33-19-8-7-18(13-21(19)40-27(30)31)34-11-12-39-15-24(34)36/h7-10,13,17,20,27H,4-6,11-12,14-16H2,1-3H3,(H,32,38)(H,33,37)/t20-/m0/s1. The van der Waals surface area contributed by atoms with Gasteiger partial charge in [0.15, 0.2) is 5.75 Å². The third kappa shape index (κ3) is 8.37. The zero-order valence-corrected chi connectivity index (χ0v) is 24.8. The second-order valence-corrected chi connectivity index (χ2v) is 13.0. The number of halogens is 3. The number of benzene rings is 1. The van der Waals surface area contributed by atoms with Gasteiger partial charge in [-0.05, 0) is 42.5 Å². The number of anilines is 2. The van der Waals surface area contributed by atoms with Crippen molar-refractivity contribution < 1.29 is 32.6 Å². The number of hydrogen-bond donors (Lipinski definition) is 2. The number of nitrogens with one attached hydrogen (secondary N) is 2. The average Bonchev–Trinajstić information content (AvgIpc) is 3.29. The van der Waals surface area contributed by atoms with Crippen LogP contribution in [-0.2, 0) is 14.3 Å². The van der Waals surface area contributed by atoms with Crippen molar-refractivity contribution in [3.8, 4) is 5.75 Å². The van der Waals surface area contributed by atoms with Gasteiger partial charge in [-0.15, -0.1) is 11.3 Å². The Hall–Kier alpha value is -2.80. The summed E-state index contributed by atoms with van der Waals surface area (Å²) in [5, 5.41) is 5.61. The van der Waals surface area contributed by atoms with Crippen LogP contribution in [0.3, 0.4) is 0 Å². The van der Waals surface area contributed by atoms with E-state index in [1.807, 2.05) is 0 Å². The van der Waals surface area contributed by atoms with E-state index >= 15 is 0 Å². The van der Waals surface area contributed by atoms with E-state index < -0.39 is 18.6 Å². The van der Waals surface area contributed by atoms with Crippen LogP contribution in [0.5, 0.6) is 5.75 Å². The molecule has 41 heavy (non-hydrogen) atoms. The molecule has 1 saturated carbocycles. The third-order valence-electron chi connectivity index (χ3n) is 6.89. The van der Waals surface area contributed by atoms with Gasteiger partial charge in [-0.1, -0.05) is 38.8 Å². The molecule has 1 aliphatic carbocycles. The number of hydrogen-bond acceptors (Lipinski definition) is 7. The van der Waals surface area contributed by atoms with Crippen molar-refractivity contribution >= 4 is 52.0 Å². The van der Waals surface area contributed by atoms with Gasteiger partial charge in [0.25, 0.3) is 11.8 Å². The van der Waals surface area contributed by atoms with Crippen LogP contribution >= 0.6 is 22.9 Å². The van der Waals surface area contributed by atoms with Gasteiger partial charge in [-0.2, -0.15) is 8.78 Å². The molecule has 1 atom stereocenters. The Bertz CT molecular complexity index is 1250. The zero-order valence-electron chi connectivity index (χ0n) is 23.3. The van der Waals surface area contributed by atoms with Crippen LogP contribution in [0.2, 0.25) is 4.34 Å². The fraction of sp³-hybridized carbons (Fsp3) is 0.536. The molecule has 2 aromatic rings. The van der Waals surface area contributed by atoms with Crippen molar-refractivity contribution in [2.45, 2.75) is 58.7 Å². The van der Waals surface area contributed by atoms with Crippen molar-refractivity contribution in [1.29, 1.82) is 0 Å². The smallest absolute Gasteiger partial charge is 0.387 e. The summed E-state index contributed by atoms with van der Waals surface area (Å²) in [4.78, 5) is 42.9. The Kier molecular flexibility index (Phi) is 10.2. The minimum absolute atomic E-state index is 0.00182. The lowest BCUT2D eigenvalue weighted by molar-refractivity contribution is -0.126. The van der Waals surface area contributed by atoms with Gasteiger partial charge in [-0.3, -0.25) is 19.3 Å². The molecule has 2 aliphatic rings. The highest BCUT2D eigenvalue weighted by molar-refractivity contribution is 7.18. The van der Waals surface area contributed by atoms with Gasteiger partial charge >= 0.3 is 6.61 Å². The molecule has 3 amide bonds. The number of nitrogens with zero attached hydrogens (tertiary/aromatic N) is 2. The van der Waals surface area contributed by atoms with Crippen molar-refractivity contribution in [2.24, 2.45) is 5.41 Å². The van der Waals surface area contributed by atoms with Crippen LogP contribution in [-0.4, -0.2) is 74.2 Å². The number of morpholine rings is 1. The lowest BCUT2D eigenvalue weighted by atomic mass is 9.86. The molecule has 1 aromatic carbocycles. The number of amides is 3. The number of carbonyl (C=O) groups excluding carboxylic acids is 3. The van der Waals surface area contributed by atoms with Crippen LogP contribution < -0.4 is 20.3 Å². The van der Waals surface area contributed by atoms with Crippen molar-refractivity contribution in [2.75, 3.05) is 43.1 Å². The van der Waals surface area contributed by atoms with Crippen LogP contribution in [0.25, 0.3) is 0 Å². The Morgan fingerprint density at radius 3 is 2.59 bits per heavy atom. The van der Waals surface area contributed by atoms with Crippen LogP contribution in [0.15, 0.2) is 30.3 Å². The fourth-order valence-electron chi connectivity index (χ4n) is 4.82. The van der Waals surface area contributed by atoms with E-state index in [2.05, 4.69) is 36.3 Å². The van der Waals surface area contributed by atoms with E-state index in [9.17, 15) is 23.2 Å². The van der Waals surface area contributed by atoms with Gasteiger partial charge in [0.1, 0.15) is 12.6 Å². The maximum Gasteiger partial charge on any atom is 0.387 e. The monoisotopic (exact) mass is 612 g/mol. The number of carbonyl (C=O) groups is 3.